The third-order valence-electron chi connectivity index (χ3n) is 5.17. The summed E-state index contributed by atoms with van der Waals surface area (Å²) in [6, 6.07) is 0. The van der Waals surface area contributed by atoms with E-state index in [-0.39, 0.29) is 24.0 Å². The average molecular weight is 418 g/mol. The van der Waals surface area contributed by atoms with Crippen LogP contribution in [0.15, 0.2) is 11.3 Å². The van der Waals surface area contributed by atoms with E-state index in [0.717, 1.165) is 24.9 Å². The van der Waals surface area contributed by atoms with Crippen LogP contribution >= 0.6 is 24.0 Å². The summed E-state index contributed by atoms with van der Waals surface area (Å²) in [5.74, 6) is 3.26. The van der Waals surface area contributed by atoms with E-state index >= 15 is 0 Å². The summed E-state index contributed by atoms with van der Waals surface area (Å²) < 4.78 is 7.95. The van der Waals surface area contributed by atoms with Gasteiger partial charge in [0.2, 0.25) is 0 Å². The zero-order valence-corrected chi connectivity index (χ0v) is 15.3. The lowest BCUT2D eigenvalue weighted by atomic mass is 9.82. The first-order chi connectivity index (χ1) is 10.3. The molecule has 122 valence electrons. The molecule has 3 aliphatic rings. The van der Waals surface area contributed by atoms with Crippen LogP contribution in [0, 0.1) is 11.8 Å². The third-order valence-corrected chi connectivity index (χ3v) is 5.17. The summed E-state index contributed by atoms with van der Waals surface area (Å²) >= 11 is 0. The zero-order valence-electron chi connectivity index (χ0n) is 13.0. The molecule has 0 amide bonds. The van der Waals surface area contributed by atoms with Crippen LogP contribution in [0.25, 0.3) is 0 Å². The Morgan fingerprint density at radius 1 is 1.36 bits per heavy atom. The Morgan fingerprint density at radius 3 is 2.59 bits per heavy atom. The van der Waals surface area contributed by atoms with Crippen molar-refractivity contribution in [3.8, 4) is 0 Å². The van der Waals surface area contributed by atoms with Gasteiger partial charge in [0.1, 0.15) is 6.33 Å². The van der Waals surface area contributed by atoms with Gasteiger partial charge in [-0.15, -0.1) is 34.2 Å². The quantitative estimate of drug-likeness (QED) is 0.434. The Bertz CT molecular complexity index is 543. The summed E-state index contributed by atoms with van der Waals surface area (Å²) in [4.78, 5) is 6.80. The van der Waals surface area contributed by atoms with Gasteiger partial charge in [-0.1, -0.05) is 0 Å². The van der Waals surface area contributed by atoms with Gasteiger partial charge in [0.25, 0.3) is 0 Å². The molecule has 4 heterocycles. The number of nitrogens with one attached hydrogen (secondary N) is 1. The van der Waals surface area contributed by atoms with Crippen molar-refractivity contribution in [1.82, 2.24) is 25.0 Å². The number of ether oxygens (including phenoxy) is 1. The number of hydrogen-bond donors (Lipinski definition) is 1. The van der Waals surface area contributed by atoms with Gasteiger partial charge in [-0.2, -0.15) is 0 Å². The number of fused-ring (bicyclic) bond motifs is 5. The lowest BCUT2D eigenvalue weighted by Crippen LogP contribution is -2.41. The molecule has 3 aliphatic heterocycles. The molecule has 0 spiro atoms. The summed E-state index contributed by atoms with van der Waals surface area (Å²) in [5, 5.41) is 11.4. The second-order valence-electron chi connectivity index (χ2n) is 6.28. The molecule has 3 fully saturated rings. The molecule has 4 atom stereocenters. The summed E-state index contributed by atoms with van der Waals surface area (Å²) in [6.07, 6.45) is 5.17. The number of halogens is 1. The van der Waals surface area contributed by atoms with Crippen molar-refractivity contribution in [3.63, 3.8) is 0 Å². The van der Waals surface area contributed by atoms with Crippen molar-refractivity contribution in [2.45, 2.75) is 31.6 Å². The van der Waals surface area contributed by atoms with Crippen molar-refractivity contribution < 1.29 is 4.74 Å². The fourth-order valence-electron chi connectivity index (χ4n) is 4.09. The topological polar surface area (TPSA) is 67.6 Å². The first-order valence-electron chi connectivity index (χ1n) is 7.70. The fourth-order valence-corrected chi connectivity index (χ4v) is 4.09. The zero-order chi connectivity index (χ0) is 14.4. The van der Waals surface area contributed by atoms with Crippen LogP contribution in [-0.4, -0.2) is 58.0 Å². The molecule has 1 aromatic heterocycles. The highest BCUT2D eigenvalue weighted by atomic mass is 127. The lowest BCUT2D eigenvalue weighted by molar-refractivity contribution is 0.0767. The number of guanidine groups is 1. The van der Waals surface area contributed by atoms with E-state index in [1.54, 1.807) is 6.33 Å². The van der Waals surface area contributed by atoms with Crippen LogP contribution in [0.3, 0.4) is 0 Å². The molecule has 0 aromatic carbocycles. The molecule has 0 aliphatic carbocycles. The molecule has 3 saturated heterocycles. The van der Waals surface area contributed by atoms with Gasteiger partial charge >= 0.3 is 0 Å². The van der Waals surface area contributed by atoms with Crippen LogP contribution in [-0.2, 0) is 18.3 Å². The van der Waals surface area contributed by atoms with Gasteiger partial charge in [-0.3, -0.25) is 4.99 Å². The maximum absolute atomic E-state index is 6.03. The number of aliphatic imine (C=N–C) groups is 1. The largest absolute Gasteiger partial charge is 0.374 e. The van der Waals surface area contributed by atoms with Crippen LogP contribution in [0.2, 0.25) is 0 Å². The van der Waals surface area contributed by atoms with Crippen molar-refractivity contribution in [1.29, 1.82) is 0 Å². The molecule has 2 bridgehead atoms. The Labute approximate surface area is 147 Å². The first-order valence-corrected chi connectivity index (χ1v) is 7.70. The fraction of sp³-hybridized carbons (Fsp3) is 0.786. The number of hydrogen-bond acceptors (Lipinski definition) is 4. The summed E-state index contributed by atoms with van der Waals surface area (Å²) in [6.45, 7) is 2.77. The predicted molar refractivity (Wildman–Crippen MR) is 93.1 cm³/mol. The molecule has 4 unspecified atom stereocenters. The lowest BCUT2D eigenvalue weighted by Gasteiger charge is -2.23. The summed E-state index contributed by atoms with van der Waals surface area (Å²) in [7, 11) is 3.80. The minimum Gasteiger partial charge on any atom is -0.374 e. The molecular weight excluding hydrogens is 395 g/mol. The number of aryl methyl sites for hydroxylation is 1. The highest BCUT2D eigenvalue weighted by Gasteiger charge is 2.53. The molecule has 4 rings (SSSR count). The Kier molecular flexibility index (Phi) is 4.58. The highest BCUT2D eigenvalue weighted by molar-refractivity contribution is 14.0. The van der Waals surface area contributed by atoms with Gasteiger partial charge in [0.15, 0.2) is 11.8 Å². The number of likely N-dealkylation sites (tertiary alicyclic amines) is 1. The van der Waals surface area contributed by atoms with Gasteiger partial charge in [0.05, 0.1) is 18.8 Å². The van der Waals surface area contributed by atoms with E-state index in [9.17, 15) is 0 Å². The molecule has 0 radical (unpaired) electrons. The third kappa shape index (κ3) is 2.60. The number of rotatable bonds is 2. The van der Waals surface area contributed by atoms with E-state index in [4.69, 9.17) is 4.74 Å². The van der Waals surface area contributed by atoms with E-state index in [1.165, 1.54) is 12.8 Å². The minimum absolute atomic E-state index is 0. The Balaban J connectivity index is 0.00000144. The van der Waals surface area contributed by atoms with Crippen molar-refractivity contribution in [2.24, 2.45) is 23.9 Å². The van der Waals surface area contributed by atoms with E-state index < -0.39 is 0 Å². The molecule has 1 N–H and O–H groups in total. The van der Waals surface area contributed by atoms with Gasteiger partial charge in [0, 0.05) is 39.0 Å². The highest BCUT2D eigenvalue weighted by Crippen LogP contribution is 2.47. The second kappa shape index (κ2) is 6.31. The van der Waals surface area contributed by atoms with E-state index in [1.807, 2.05) is 18.7 Å². The normalized spacial score (nSPS) is 33.0. The van der Waals surface area contributed by atoms with Crippen LogP contribution < -0.4 is 5.32 Å². The smallest absolute Gasteiger partial charge is 0.194 e. The van der Waals surface area contributed by atoms with E-state index in [0.29, 0.717) is 30.6 Å². The molecular formula is C14H23IN6O. The van der Waals surface area contributed by atoms with E-state index in [2.05, 4.69) is 25.4 Å². The van der Waals surface area contributed by atoms with Gasteiger partial charge in [-0.25, -0.2) is 0 Å². The molecule has 22 heavy (non-hydrogen) atoms. The van der Waals surface area contributed by atoms with Crippen LogP contribution in [0.5, 0.6) is 0 Å². The average Bonchev–Trinajstić information content (AvgIpc) is 3.20. The van der Waals surface area contributed by atoms with Crippen LogP contribution in [0.1, 0.15) is 18.7 Å². The maximum atomic E-state index is 6.03. The SMILES string of the molecule is CN=C(NCc1nncn1C)N1CC2C3CCC(O3)C2C1.I. The second-order valence-corrected chi connectivity index (χ2v) is 6.28. The van der Waals surface area contributed by atoms with Gasteiger partial charge < -0.3 is 19.5 Å². The Morgan fingerprint density at radius 2 is 2.05 bits per heavy atom. The molecule has 8 heteroatoms. The standard InChI is InChI=1S/C14H22N6O.HI/c1-15-14(16-5-13-18-17-8-19(13)2)20-6-9-10(7-20)12-4-3-11(9)21-12;/h8-12H,3-7H2,1-2H3,(H,15,16);1H. The molecule has 0 saturated carbocycles. The monoisotopic (exact) mass is 418 g/mol. The van der Waals surface area contributed by atoms with Crippen molar-refractivity contribution >= 4 is 29.9 Å². The molecule has 1 aromatic rings. The number of aromatic nitrogens is 3. The Hall–Kier alpha value is -0.900. The van der Waals surface area contributed by atoms with Crippen LogP contribution in [0.4, 0.5) is 0 Å². The van der Waals surface area contributed by atoms with Crippen molar-refractivity contribution in [3.05, 3.63) is 12.2 Å². The predicted octanol–water partition coefficient (Wildman–Crippen LogP) is 0.618. The van der Waals surface area contributed by atoms with Gasteiger partial charge in [-0.05, 0) is 12.8 Å². The first kappa shape index (κ1) is 16.0. The number of nitrogens with zero attached hydrogens (tertiary/aromatic N) is 5. The van der Waals surface area contributed by atoms with Crippen molar-refractivity contribution in [2.75, 3.05) is 20.1 Å². The summed E-state index contributed by atoms with van der Waals surface area (Å²) in [5.41, 5.74) is 0. The maximum Gasteiger partial charge on any atom is 0.194 e. The molecule has 7 nitrogen and oxygen atoms in total. The minimum atomic E-state index is 0.